The molecular weight excluding hydrogens is 337 g/mol. The molecule has 0 unspecified atom stereocenters. The van der Waals surface area contributed by atoms with Crippen molar-refractivity contribution in [2.45, 2.75) is 18.5 Å². The third kappa shape index (κ3) is 2.90. The quantitative estimate of drug-likeness (QED) is 0.509. The fourth-order valence-corrected chi connectivity index (χ4v) is 3.26. The molecule has 134 valence electrons. The van der Waals surface area contributed by atoms with Gasteiger partial charge in [-0.25, -0.2) is 0 Å². The molecule has 0 radical (unpaired) electrons. The summed E-state index contributed by atoms with van der Waals surface area (Å²) in [7, 11) is 0. The lowest BCUT2D eigenvalue weighted by Crippen LogP contribution is -2.44. The molecule has 0 heterocycles. The van der Waals surface area contributed by atoms with E-state index in [9.17, 15) is 13.2 Å². The second kappa shape index (κ2) is 6.41. The van der Waals surface area contributed by atoms with Crippen molar-refractivity contribution < 1.29 is 13.2 Å². The monoisotopic (exact) mass is 356 g/mol. The number of halogens is 3. The number of alkyl halides is 3. The minimum atomic E-state index is -4.57. The molecule has 0 aromatic heterocycles. The maximum Gasteiger partial charge on any atom is 0.406 e. The molecule has 0 aliphatic rings. The summed E-state index contributed by atoms with van der Waals surface area (Å²) in [5.41, 5.74) is 11.1. The Kier molecular flexibility index (Phi) is 4.40. The largest absolute Gasteiger partial charge is 0.406 e. The molecule has 5 heteroatoms. The van der Waals surface area contributed by atoms with E-state index in [0.29, 0.717) is 11.4 Å². The number of rotatable bonds is 3. The van der Waals surface area contributed by atoms with Crippen LogP contribution in [0.3, 0.4) is 0 Å². The number of aryl methyl sites for hydroxylation is 1. The molecule has 0 bridgehead atoms. The van der Waals surface area contributed by atoms with Crippen molar-refractivity contribution in [1.29, 1.82) is 0 Å². The van der Waals surface area contributed by atoms with E-state index in [-0.39, 0.29) is 16.7 Å². The lowest BCUT2D eigenvalue weighted by atomic mass is 9.68. The van der Waals surface area contributed by atoms with Crippen molar-refractivity contribution >= 4 is 11.4 Å². The van der Waals surface area contributed by atoms with Gasteiger partial charge in [-0.05, 0) is 47.9 Å². The summed E-state index contributed by atoms with van der Waals surface area (Å²) in [6.45, 7) is 1.84. The van der Waals surface area contributed by atoms with Crippen molar-refractivity contribution in [3.63, 3.8) is 0 Å². The van der Waals surface area contributed by atoms with E-state index in [1.807, 2.05) is 6.92 Å². The van der Waals surface area contributed by atoms with Crippen LogP contribution in [0.4, 0.5) is 24.5 Å². The minimum Gasteiger partial charge on any atom is -0.399 e. The SMILES string of the molecule is Cc1ccc(C(c2ccc(N)cc2)(c2ccc(N)cc2)C(F)(F)F)cc1. The Bertz CT molecular complexity index is 770. The third-order valence-corrected chi connectivity index (χ3v) is 4.60. The molecule has 0 spiro atoms. The van der Waals surface area contributed by atoms with Crippen molar-refractivity contribution in [2.24, 2.45) is 0 Å². The Hall–Kier alpha value is -2.95. The van der Waals surface area contributed by atoms with Crippen molar-refractivity contribution in [2.75, 3.05) is 11.5 Å². The van der Waals surface area contributed by atoms with Crippen LogP contribution in [0.2, 0.25) is 0 Å². The number of hydrogen-bond donors (Lipinski definition) is 2. The molecule has 3 rings (SSSR count). The Morgan fingerprint density at radius 3 is 1.19 bits per heavy atom. The lowest BCUT2D eigenvalue weighted by molar-refractivity contribution is -0.166. The number of anilines is 2. The van der Waals surface area contributed by atoms with E-state index in [1.54, 1.807) is 12.1 Å². The fraction of sp³-hybridized carbons (Fsp3) is 0.143. The molecule has 0 fully saturated rings. The molecule has 26 heavy (non-hydrogen) atoms. The smallest absolute Gasteiger partial charge is 0.399 e. The van der Waals surface area contributed by atoms with E-state index in [2.05, 4.69) is 0 Å². The van der Waals surface area contributed by atoms with E-state index < -0.39 is 11.6 Å². The van der Waals surface area contributed by atoms with Gasteiger partial charge in [0.05, 0.1) is 0 Å². The Labute approximate surface area is 150 Å². The molecule has 3 aromatic carbocycles. The van der Waals surface area contributed by atoms with Crippen LogP contribution in [-0.4, -0.2) is 6.18 Å². The predicted molar refractivity (Wildman–Crippen MR) is 98.8 cm³/mol. The van der Waals surface area contributed by atoms with Gasteiger partial charge in [-0.2, -0.15) is 13.2 Å². The van der Waals surface area contributed by atoms with Gasteiger partial charge >= 0.3 is 6.18 Å². The summed E-state index contributed by atoms with van der Waals surface area (Å²) in [5, 5.41) is 0. The van der Waals surface area contributed by atoms with Gasteiger partial charge in [-0.3, -0.25) is 0 Å². The van der Waals surface area contributed by atoms with Gasteiger partial charge in [0.2, 0.25) is 0 Å². The Balaban J connectivity index is 2.40. The second-order valence-electron chi connectivity index (χ2n) is 6.36. The summed E-state index contributed by atoms with van der Waals surface area (Å²) in [6.07, 6.45) is -4.57. The van der Waals surface area contributed by atoms with Gasteiger partial charge in [0.15, 0.2) is 0 Å². The van der Waals surface area contributed by atoms with Crippen LogP contribution in [-0.2, 0) is 5.41 Å². The summed E-state index contributed by atoms with van der Waals surface area (Å²) in [6, 6.07) is 18.1. The van der Waals surface area contributed by atoms with Crippen LogP contribution in [0.5, 0.6) is 0 Å². The van der Waals surface area contributed by atoms with E-state index >= 15 is 0 Å². The number of nitrogen functional groups attached to an aromatic ring is 2. The molecule has 0 aliphatic carbocycles. The highest BCUT2D eigenvalue weighted by molar-refractivity contribution is 5.56. The van der Waals surface area contributed by atoms with Gasteiger partial charge in [0, 0.05) is 11.4 Å². The highest BCUT2D eigenvalue weighted by Crippen LogP contribution is 2.51. The van der Waals surface area contributed by atoms with Crippen LogP contribution in [0.15, 0.2) is 72.8 Å². The number of benzene rings is 3. The van der Waals surface area contributed by atoms with Crippen LogP contribution in [0.25, 0.3) is 0 Å². The molecule has 0 atom stereocenters. The third-order valence-electron chi connectivity index (χ3n) is 4.60. The summed E-state index contributed by atoms with van der Waals surface area (Å²) >= 11 is 0. The molecule has 0 amide bonds. The zero-order valence-electron chi connectivity index (χ0n) is 14.2. The lowest BCUT2D eigenvalue weighted by Gasteiger charge is -2.37. The van der Waals surface area contributed by atoms with E-state index in [4.69, 9.17) is 11.5 Å². The highest BCUT2D eigenvalue weighted by atomic mass is 19.4. The highest BCUT2D eigenvalue weighted by Gasteiger charge is 2.58. The first kappa shape index (κ1) is 17.9. The molecule has 0 aliphatic heterocycles. The number of nitrogens with two attached hydrogens (primary N) is 2. The molecule has 4 N–H and O–H groups in total. The molecule has 2 nitrogen and oxygen atoms in total. The van der Waals surface area contributed by atoms with Crippen LogP contribution < -0.4 is 11.5 Å². The Morgan fingerprint density at radius 1 is 0.577 bits per heavy atom. The first-order valence-corrected chi connectivity index (χ1v) is 8.11. The van der Waals surface area contributed by atoms with Gasteiger partial charge in [0.25, 0.3) is 0 Å². The maximum atomic E-state index is 14.7. The van der Waals surface area contributed by atoms with E-state index in [0.717, 1.165) is 5.56 Å². The van der Waals surface area contributed by atoms with Gasteiger partial charge in [-0.1, -0.05) is 54.1 Å². The first-order chi connectivity index (χ1) is 12.2. The molecule has 0 saturated heterocycles. The van der Waals surface area contributed by atoms with Gasteiger partial charge in [-0.15, -0.1) is 0 Å². The summed E-state index contributed by atoms with van der Waals surface area (Å²) in [5.74, 6) is 0. The second-order valence-corrected chi connectivity index (χ2v) is 6.36. The molecule has 0 saturated carbocycles. The average molecular weight is 356 g/mol. The standard InChI is InChI=1S/C21H19F3N2/c1-14-2-4-15(5-3-14)20(21(22,23)24,16-6-10-18(25)11-7-16)17-8-12-19(26)13-9-17/h2-13H,25-26H2,1H3. The zero-order chi connectivity index (χ0) is 18.9. The van der Waals surface area contributed by atoms with Gasteiger partial charge in [0.1, 0.15) is 5.41 Å². The van der Waals surface area contributed by atoms with Crippen molar-refractivity contribution in [1.82, 2.24) is 0 Å². The molecule has 3 aromatic rings. The van der Waals surface area contributed by atoms with Crippen LogP contribution in [0, 0.1) is 6.92 Å². The fourth-order valence-electron chi connectivity index (χ4n) is 3.26. The molecular formula is C21H19F3N2. The zero-order valence-corrected chi connectivity index (χ0v) is 14.2. The first-order valence-electron chi connectivity index (χ1n) is 8.11. The van der Waals surface area contributed by atoms with Gasteiger partial charge < -0.3 is 11.5 Å². The Morgan fingerprint density at radius 2 is 0.885 bits per heavy atom. The van der Waals surface area contributed by atoms with Crippen molar-refractivity contribution in [3.05, 3.63) is 95.1 Å². The topological polar surface area (TPSA) is 52.0 Å². The summed E-state index contributed by atoms with van der Waals surface area (Å²) in [4.78, 5) is 0. The van der Waals surface area contributed by atoms with Crippen molar-refractivity contribution in [3.8, 4) is 0 Å². The maximum absolute atomic E-state index is 14.7. The predicted octanol–water partition coefficient (Wildman–Crippen LogP) is 5.06. The average Bonchev–Trinajstić information content (AvgIpc) is 2.59. The van der Waals surface area contributed by atoms with Crippen LogP contribution in [0.1, 0.15) is 22.3 Å². The van der Waals surface area contributed by atoms with Crippen LogP contribution >= 0.6 is 0 Å². The van der Waals surface area contributed by atoms with E-state index in [1.165, 1.54) is 60.7 Å². The normalized spacial score (nSPS) is 12.2. The summed E-state index contributed by atoms with van der Waals surface area (Å²) < 4.78 is 44.0. The minimum absolute atomic E-state index is 0.104. The number of hydrogen-bond acceptors (Lipinski definition) is 2.